The van der Waals surface area contributed by atoms with Gasteiger partial charge in [-0.05, 0) is 32.1 Å². The van der Waals surface area contributed by atoms with E-state index in [1.54, 1.807) is 0 Å². The van der Waals surface area contributed by atoms with Gasteiger partial charge in [-0.25, -0.2) is 0 Å². The number of aliphatic hydroxyl groups excluding tert-OH is 2. The van der Waals surface area contributed by atoms with E-state index in [4.69, 9.17) is 4.74 Å². The Morgan fingerprint density at radius 3 is 2.39 bits per heavy atom. The van der Waals surface area contributed by atoms with E-state index in [-0.39, 0.29) is 19.1 Å². The molecule has 5 heteroatoms. The van der Waals surface area contributed by atoms with Crippen molar-refractivity contribution >= 4 is 5.91 Å². The van der Waals surface area contributed by atoms with Crippen molar-refractivity contribution in [3.63, 3.8) is 0 Å². The fraction of sp³-hybridized carbons (Fsp3) is 0.923. The van der Waals surface area contributed by atoms with Gasteiger partial charge in [-0.15, -0.1) is 0 Å². The number of hydrogen-bond acceptors (Lipinski definition) is 4. The summed E-state index contributed by atoms with van der Waals surface area (Å²) in [6.45, 7) is 4.05. The van der Waals surface area contributed by atoms with E-state index in [9.17, 15) is 15.0 Å². The molecule has 0 aromatic carbocycles. The van der Waals surface area contributed by atoms with Crippen LogP contribution in [0.4, 0.5) is 0 Å². The van der Waals surface area contributed by atoms with Gasteiger partial charge in [-0.1, -0.05) is 6.92 Å². The number of amides is 1. The molecule has 5 nitrogen and oxygen atoms in total. The van der Waals surface area contributed by atoms with Gasteiger partial charge in [-0.2, -0.15) is 0 Å². The first kappa shape index (κ1) is 15.4. The van der Waals surface area contributed by atoms with E-state index in [2.05, 4.69) is 5.32 Å². The molecule has 1 aliphatic rings. The molecule has 0 spiro atoms. The molecule has 1 amide bonds. The predicted octanol–water partition coefficient (Wildman–Crippen LogP) is 0.441. The van der Waals surface area contributed by atoms with Crippen molar-refractivity contribution in [2.24, 2.45) is 5.92 Å². The van der Waals surface area contributed by atoms with Gasteiger partial charge < -0.3 is 20.3 Å². The van der Waals surface area contributed by atoms with Gasteiger partial charge >= 0.3 is 0 Å². The van der Waals surface area contributed by atoms with Crippen LogP contribution in [-0.2, 0) is 9.53 Å². The Hall–Kier alpha value is -0.650. The SMILES string of the molecule is CCOC1CC(CC(=O)NC(CC)(CO)CO)C1. The molecule has 0 saturated heterocycles. The number of aliphatic hydroxyl groups is 2. The second-order valence-electron chi connectivity index (χ2n) is 5.12. The number of hydrogen-bond donors (Lipinski definition) is 3. The lowest BCUT2D eigenvalue weighted by molar-refractivity contribution is -0.127. The van der Waals surface area contributed by atoms with Crippen molar-refractivity contribution in [2.75, 3.05) is 19.8 Å². The Morgan fingerprint density at radius 2 is 1.94 bits per heavy atom. The summed E-state index contributed by atoms with van der Waals surface area (Å²) in [6.07, 6.45) is 3.13. The zero-order chi connectivity index (χ0) is 13.6. The minimum absolute atomic E-state index is 0.0973. The third kappa shape index (κ3) is 3.93. The zero-order valence-corrected chi connectivity index (χ0v) is 11.3. The minimum atomic E-state index is -0.875. The maximum Gasteiger partial charge on any atom is 0.220 e. The van der Waals surface area contributed by atoms with Crippen molar-refractivity contribution in [3.8, 4) is 0 Å². The van der Waals surface area contributed by atoms with Gasteiger partial charge in [0.05, 0.1) is 24.9 Å². The Labute approximate surface area is 109 Å². The van der Waals surface area contributed by atoms with Crippen LogP contribution in [0.5, 0.6) is 0 Å². The molecule has 0 atom stereocenters. The van der Waals surface area contributed by atoms with Crippen LogP contribution < -0.4 is 5.32 Å². The second-order valence-corrected chi connectivity index (χ2v) is 5.12. The lowest BCUT2D eigenvalue weighted by Crippen LogP contribution is -2.54. The molecular formula is C13H25NO4. The molecule has 0 heterocycles. The summed E-state index contributed by atoms with van der Waals surface area (Å²) in [5.41, 5.74) is -0.875. The van der Waals surface area contributed by atoms with Crippen molar-refractivity contribution in [3.05, 3.63) is 0 Å². The summed E-state index contributed by atoms with van der Waals surface area (Å²) in [5, 5.41) is 21.2. The monoisotopic (exact) mass is 259 g/mol. The Balaban J connectivity index is 2.30. The maximum absolute atomic E-state index is 11.8. The molecule has 1 aliphatic carbocycles. The molecule has 1 saturated carbocycles. The van der Waals surface area contributed by atoms with Gasteiger partial charge in [0.1, 0.15) is 0 Å². The van der Waals surface area contributed by atoms with E-state index in [0.29, 0.717) is 24.9 Å². The summed E-state index contributed by atoms with van der Waals surface area (Å²) in [7, 11) is 0. The van der Waals surface area contributed by atoms with Crippen LogP contribution in [0.1, 0.15) is 39.5 Å². The van der Waals surface area contributed by atoms with E-state index in [0.717, 1.165) is 19.4 Å². The summed E-state index contributed by atoms with van der Waals surface area (Å²) < 4.78 is 5.44. The van der Waals surface area contributed by atoms with E-state index in [1.807, 2.05) is 13.8 Å². The van der Waals surface area contributed by atoms with E-state index in [1.165, 1.54) is 0 Å². The van der Waals surface area contributed by atoms with Gasteiger partial charge in [-0.3, -0.25) is 4.79 Å². The number of rotatable bonds is 8. The van der Waals surface area contributed by atoms with Crippen LogP contribution in [0.2, 0.25) is 0 Å². The molecule has 3 N–H and O–H groups in total. The molecule has 18 heavy (non-hydrogen) atoms. The highest BCUT2D eigenvalue weighted by atomic mass is 16.5. The van der Waals surface area contributed by atoms with E-state index >= 15 is 0 Å². The first-order valence-corrected chi connectivity index (χ1v) is 6.73. The summed E-state index contributed by atoms with van der Waals surface area (Å²) in [4.78, 5) is 11.8. The summed E-state index contributed by atoms with van der Waals surface area (Å²) >= 11 is 0. The van der Waals surface area contributed by atoms with Gasteiger partial charge in [0.25, 0.3) is 0 Å². The van der Waals surface area contributed by atoms with Crippen LogP contribution in [0.25, 0.3) is 0 Å². The second kappa shape index (κ2) is 7.07. The fourth-order valence-corrected chi connectivity index (χ4v) is 2.26. The Bertz CT molecular complexity index is 251. The number of carbonyl (C=O) groups is 1. The quantitative estimate of drug-likeness (QED) is 0.591. The van der Waals surface area contributed by atoms with Crippen LogP contribution in [0.3, 0.4) is 0 Å². The highest BCUT2D eigenvalue weighted by molar-refractivity contribution is 5.77. The van der Waals surface area contributed by atoms with Crippen LogP contribution in [-0.4, -0.2) is 47.6 Å². The van der Waals surface area contributed by atoms with Gasteiger partial charge in [0.15, 0.2) is 0 Å². The molecule has 1 fully saturated rings. The lowest BCUT2D eigenvalue weighted by atomic mass is 9.79. The minimum Gasteiger partial charge on any atom is -0.394 e. The fourth-order valence-electron chi connectivity index (χ4n) is 2.26. The van der Waals surface area contributed by atoms with Crippen LogP contribution in [0.15, 0.2) is 0 Å². The lowest BCUT2D eigenvalue weighted by Gasteiger charge is -2.36. The first-order chi connectivity index (χ1) is 8.59. The molecule has 0 aromatic rings. The van der Waals surface area contributed by atoms with Crippen molar-refractivity contribution < 1.29 is 19.7 Å². The molecule has 0 unspecified atom stereocenters. The van der Waals surface area contributed by atoms with Gasteiger partial charge in [0.2, 0.25) is 5.91 Å². The molecule has 0 radical (unpaired) electrons. The van der Waals surface area contributed by atoms with Crippen molar-refractivity contribution in [2.45, 2.75) is 51.2 Å². The number of nitrogens with one attached hydrogen (secondary N) is 1. The summed E-state index contributed by atoms with van der Waals surface area (Å²) in [6, 6.07) is 0. The molecule has 1 rings (SSSR count). The third-order valence-electron chi connectivity index (χ3n) is 3.76. The van der Waals surface area contributed by atoms with Crippen LogP contribution in [0, 0.1) is 5.92 Å². The largest absolute Gasteiger partial charge is 0.394 e. The standard InChI is InChI=1S/C13H25NO4/c1-3-13(8-15,9-16)14-12(17)7-10-5-11(6-10)18-4-2/h10-11,15-16H,3-9H2,1-2H3,(H,14,17). The summed E-state index contributed by atoms with van der Waals surface area (Å²) in [5.74, 6) is 0.272. The average molecular weight is 259 g/mol. The van der Waals surface area contributed by atoms with Crippen molar-refractivity contribution in [1.82, 2.24) is 5.32 Å². The predicted molar refractivity (Wildman–Crippen MR) is 68.1 cm³/mol. The number of carbonyl (C=O) groups excluding carboxylic acids is 1. The average Bonchev–Trinajstić information content (AvgIpc) is 2.34. The Kier molecular flexibility index (Phi) is 6.05. The zero-order valence-electron chi connectivity index (χ0n) is 11.3. The molecule has 0 aliphatic heterocycles. The van der Waals surface area contributed by atoms with E-state index < -0.39 is 5.54 Å². The molecule has 0 aromatic heterocycles. The highest BCUT2D eigenvalue weighted by Gasteiger charge is 2.34. The van der Waals surface area contributed by atoms with Gasteiger partial charge in [0, 0.05) is 13.0 Å². The maximum atomic E-state index is 11.8. The highest BCUT2D eigenvalue weighted by Crippen LogP contribution is 2.32. The topological polar surface area (TPSA) is 78.8 Å². The number of ether oxygens (including phenoxy) is 1. The Morgan fingerprint density at radius 1 is 1.33 bits per heavy atom. The molecule has 106 valence electrons. The van der Waals surface area contributed by atoms with Crippen LogP contribution >= 0.6 is 0 Å². The van der Waals surface area contributed by atoms with Crippen molar-refractivity contribution in [1.29, 1.82) is 0 Å². The molecular weight excluding hydrogens is 234 g/mol. The first-order valence-electron chi connectivity index (χ1n) is 6.73. The third-order valence-corrected chi connectivity index (χ3v) is 3.76. The molecule has 0 bridgehead atoms. The normalized spacial score (nSPS) is 23.6. The smallest absolute Gasteiger partial charge is 0.220 e.